The molecule has 0 spiro atoms. The molecule has 4 nitrogen and oxygen atoms in total. The van der Waals surface area contributed by atoms with Crippen molar-refractivity contribution in [1.82, 2.24) is 0 Å². The van der Waals surface area contributed by atoms with Crippen LogP contribution >= 0.6 is 0 Å². The van der Waals surface area contributed by atoms with Crippen LogP contribution in [-0.2, 0) is 9.53 Å². The molecule has 2 rings (SSSR count). The van der Waals surface area contributed by atoms with Crippen LogP contribution in [0, 0.1) is 5.92 Å². The molecule has 5 atom stereocenters. The molecule has 2 N–H and O–H groups in total. The van der Waals surface area contributed by atoms with Crippen LogP contribution in [0.1, 0.15) is 63.9 Å². The van der Waals surface area contributed by atoms with E-state index in [0.717, 1.165) is 31.2 Å². The van der Waals surface area contributed by atoms with Gasteiger partial charge in [-0.1, -0.05) is 63.1 Å². The van der Waals surface area contributed by atoms with Crippen LogP contribution in [0.5, 0.6) is 0 Å². The molecule has 0 aromatic heterocycles. The lowest BCUT2D eigenvalue weighted by atomic mass is 9.81. The van der Waals surface area contributed by atoms with Crippen molar-refractivity contribution in [1.29, 1.82) is 0 Å². The average Bonchev–Trinajstić information content (AvgIpc) is 2.67. The van der Waals surface area contributed by atoms with Crippen LogP contribution in [0.15, 0.2) is 43.0 Å². The molecule has 144 valence electrons. The van der Waals surface area contributed by atoms with Gasteiger partial charge in [-0.25, -0.2) is 4.79 Å². The van der Waals surface area contributed by atoms with Gasteiger partial charge in [-0.2, -0.15) is 0 Å². The minimum Gasteiger partial charge on any atom is -0.460 e. The fourth-order valence-corrected chi connectivity index (χ4v) is 3.80. The molecule has 1 saturated carbocycles. The summed E-state index contributed by atoms with van der Waals surface area (Å²) in [7, 11) is 0. The third-order valence-electron chi connectivity index (χ3n) is 5.67. The second kappa shape index (κ2) is 9.33. The zero-order valence-electron chi connectivity index (χ0n) is 15.9. The first-order valence-electron chi connectivity index (χ1n) is 9.71. The fourth-order valence-electron chi connectivity index (χ4n) is 3.80. The molecule has 1 aliphatic carbocycles. The van der Waals surface area contributed by atoms with E-state index in [1.165, 1.54) is 6.08 Å². The highest BCUT2D eigenvalue weighted by Crippen LogP contribution is 2.36. The van der Waals surface area contributed by atoms with Gasteiger partial charge in [-0.3, -0.25) is 0 Å². The molecule has 1 fully saturated rings. The molecule has 1 aromatic rings. The summed E-state index contributed by atoms with van der Waals surface area (Å²) < 4.78 is 5.80. The van der Waals surface area contributed by atoms with Crippen LogP contribution in [0.2, 0.25) is 0 Å². The molecule has 26 heavy (non-hydrogen) atoms. The van der Waals surface area contributed by atoms with E-state index in [-0.39, 0.29) is 24.4 Å². The summed E-state index contributed by atoms with van der Waals surface area (Å²) in [5.74, 6) is -0.829. The van der Waals surface area contributed by atoms with E-state index < -0.39 is 17.7 Å². The summed E-state index contributed by atoms with van der Waals surface area (Å²) in [4.78, 5) is 12.9. The van der Waals surface area contributed by atoms with Crippen LogP contribution in [-0.4, -0.2) is 34.0 Å². The molecule has 0 saturated heterocycles. The van der Waals surface area contributed by atoms with Crippen molar-refractivity contribution < 1.29 is 19.7 Å². The Labute approximate surface area is 156 Å². The van der Waals surface area contributed by atoms with Crippen molar-refractivity contribution in [3.8, 4) is 0 Å². The summed E-state index contributed by atoms with van der Waals surface area (Å²) in [6.07, 6.45) is 4.45. The van der Waals surface area contributed by atoms with Crippen molar-refractivity contribution in [2.45, 2.75) is 76.1 Å². The van der Waals surface area contributed by atoms with Crippen molar-refractivity contribution in [2.24, 2.45) is 5.92 Å². The maximum absolute atomic E-state index is 12.9. The van der Waals surface area contributed by atoms with Gasteiger partial charge < -0.3 is 14.9 Å². The van der Waals surface area contributed by atoms with Crippen LogP contribution < -0.4 is 0 Å². The maximum Gasteiger partial charge on any atom is 0.341 e. The minimum absolute atomic E-state index is 0.0277. The van der Waals surface area contributed by atoms with Gasteiger partial charge in [0, 0.05) is 12.3 Å². The molecule has 1 aromatic carbocycles. The van der Waals surface area contributed by atoms with Gasteiger partial charge in [-0.15, -0.1) is 6.58 Å². The van der Waals surface area contributed by atoms with E-state index in [9.17, 15) is 15.0 Å². The zero-order valence-corrected chi connectivity index (χ0v) is 15.9. The molecule has 0 radical (unpaired) electrons. The van der Waals surface area contributed by atoms with Gasteiger partial charge in [0.05, 0.1) is 6.10 Å². The molecule has 4 heteroatoms. The van der Waals surface area contributed by atoms with Crippen molar-refractivity contribution in [3.63, 3.8) is 0 Å². The largest absolute Gasteiger partial charge is 0.460 e. The minimum atomic E-state index is -1.95. The number of aliphatic hydroxyl groups excluding tert-OH is 1. The maximum atomic E-state index is 12.9. The summed E-state index contributed by atoms with van der Waals surface area (Å²) in [5.41, 5.74) is -0.796. The monoisotopic (exact) mass is 360 g/mol. The molecular formula is C22H32O4. The van der Waals surface area contributed by atoms with Gasteiger partial charge in [0.2, 0.25) is 0 Å². The molecule has 0 bridgehead atoms. The normalized spacial score (nSPS) is 24.9. The molecule has 0 aliphatic heterocycles. The molecule has 1 aliphatic rings. The second-order valence-electron chi connectivity index (χ2n) is 7.49. The Morgan fingerprint density at radius 1 is 1.35 bits per heavy atom. The summed E-state index contributed by atoms with van der Waals surface area (Å²) in [5, 5.41) is 21.5. The summed E-state index contributed by atoms with van der Waals surface area (Å²) in [6.45, 7) is 7.36. The second-order valence-corrected chi connectivity index (χ2v) is 7.49. The molecule has 0 amide bonds. The molecule has 0 heterocycles. The van der Waals surface area contributed by atoms with Crippen molar-refractivity contribution in [2.75, 3.05) is 0 Å². The van der Waals surface area contributed by atoms with E-state index in [4.69, 9.17) is 4.74 Å². The number of benzene rings is 1. The highest BCUT2D eigenvalue weighted by atomic mass is 16.6. The summed E-state index contributed by atoms with van der Waals surface area (Å²) in [6, 6.07) is 10.1. The van der Waals surface area contributed by atoms with E-state index in [2.05, 4.69) is 18.7 Å². The topological polar surface area (TPSA) is 66.8 Å². The third-order valence-corrected chi connectivity index (χ3v) is 5.67. The Morgan fingerprint density at radius 2 is 2.00 bits per heavy atom. The zero-order chi connectivity index (χ0) is 19.2. The van der Waals surface area contributed by atoms with Gasteiger partial charge in [-0.05, 0) is 30.7 Å². The lowest BCUT2D eigenvalue weighted by molar-refractivity contribution is -0.189. The standard InChI is InChI=1S/C22H32O4/c1-4-15-22(25,20(23)16(3)5-2)21(24)26-19-14-10-9-13-18(19)17-11-7-6-8-12-17/h4,6-8,11-12,16,18-20,23,25H,1,5,9-10,13-15H2,2-3H3/t16-,18+,19-,20+,22-/m0/s1. The van der Waals surface area contributed by atoms with E-state index >= 15 is 0 Å². The number of hydrogen-bond donors (Lipinski definition) is 2. The van der Waals surface area contributed by atoms with E-state index in [1.807, 2.05) is 32.0 Å². The Balaban J connectivity index is 2.19. The van der Waals surface area contributed by atoms with Crippen LogP contribution in [0.4, 0.5) is 0 Å². The van der Waals surface area contributed by atoms with E-state index in [1.54, 1.807) is 0 Å². The number of esters is 1. The first-order valence-corrected chi connectivity index (χ1v) is 9.71. The first kappa shape index (κ1) is 20.7. The third kappa shape index (κ3) is 4.54. The first-order chi connectivity index (χ1) is 12.4. The van der Waals surface area contributed by atoms with Crippen molar-refractivity contribution in [3.05, 3.63) is 48.6 Å². The van der Waals surface area contributed by atoms with Crippen molar-refractivity contribution >= 4 is 5.97 Å². The van der Waals surface area contributed by atoms with Gasteiger partial charge >= 0.3 is 5.97 Å². The van der Waals surface area contributed by atoms with Gasteiger partial charge in [0.25, 0.3) is 0 Å². The number of aliphatic hydroxyl groups is 2. The Morgan fingerprint density at radius 3 is 2.62 bits per heavy atom. The van der Waals surface area contributed by atoms with Crippen LogP contribution in [0.25, 0.3) is 0 Å². The highest BCUT2D eigenvalue weighted by Gasteiger charge is 2.47. The number of carbonyl (C=O) groups is 1. The predicted molar refractivity (Wildman–Crippen MR) is 103 cm³/mol. The Kier molecular flexibility index (Phi) is 7.42. The smallest absolute Gasteiger partial charge is 0.341 e. The fraction of sp³-hybridized carbons (Fsp3) is 0.591. The lowest BCUT2D eigenvalue weighted by Gasteiger charge is -2.37. The number of hydrogen-bond acceptors (Lipinski definition) is 4. The molecule has 0 unspecified atom stereocenters. The number of ether oxygens (including phenoxy) is 1. The highest BCUT2D eigenvalue weighted by molar-refractivity contribution is 5.80. The summed E-state index contributed by atoms with van der Waals surface area (Å²) >= 11 is 0. The van der Waals surface area contributed by atoms with Gasteiger partial charge in [0.1, 0.15) is 6.10 Å². The Hall–Kier alpha value is -1.65. The predicted octanol–water partition coefficient (Wildman–Crippen LogP) is 3.97. The Bertz CT molecular complexity index is 585. The lowest BCUT2D eigenvalue weighted by Crippen LogP contribution is -2.54. The molecular weight excluding hydrogens is 328 g/mol. The van der Waals surface area contributed by atoms with E-state index in [0.29, 0.717) is 6.42 Å². The SMILES string of the molecule is C=CC[C@@](O)(C(=O)O[C@H]1CCCC[C@@H]1c1ccccc1)[C@H](O)[C@@H](C)CC. The number of rotatable bonds is 8. The number of carbonyl (C=O) groups excluding carboxylic acids is 1. The quantitative estimate of drug-likeness (QED) is 0.544. The van der Waals surface area contributed by atoms with Crippen LogP contribution in [0.3, 0.4) is 0 Å². The average molecular weight is 360 g/mol. The van der Waals surface area contributed by atoms with Gasteiger partial charge in [0.15, 0.2) is 5.60 Å².